The topological polar surface area (TPSA) is 82.2 Å². The molecule has 1 aromatic carbocycles. The van der Waals surface area contributed by atoms with Crippen LogP contribution in [0.3, 0.4) is 0 Å². The first-order chi connectivity index (χ1) is 10.4. The molecule has 1 amide bonds. The van der Waals surface area contributed by atoms with Crippen molar-refractivity contribution in [3.8, 4) is 0 Å². The van der Waals surface area contributed by atoms with Crippen molar-refractivity contribution in [1.29, 1.82) is 0 Å². The number of fused-ring (bicyclic) bond motifs is 1. The van der Waals surface area contributed by atoms with Crippen LogP contribution in [0.1, 0.15) is 31.5 Å². The second kappa shape index (κ2) is 6.64. The molecule has 0 fully saturated rings. The molecular formula is C17H22N2O3. The summed E-state index contributed by atoms with van der Waals surface area (Å²) < 4.78 is 0. The Morgan fingerprint density at radius 3 is 2.64 bits per heavy atom. The third kappa shape index (κ3) is 3.30. The second-order valence-corrected chi connectivity index (χ2v) is 5.72. The van der Waals surface area contributed by atoms with Crippen molar-refractivity contribution in [1.82, 2.24) is 10.3 Å². The highest BCUT2D eigenvalue weighted by atomic mass is 16.4. The quantitative estimate of drug-likeness (QED) is 0.767. The van der Waals surface area contributed by atoms with E-state index < -0.39 is 12.0 Å². The van der Waals surface area contributed by atoms with Crippen LogP contribution in [0.2, 0.25) is 0 Å². The van der Waals surface area contributed by atoms with E-state index in [1.807, 2.05) is 45.0 Å². The van der Waals surface area contributed by atoms with Gasteiger partial charge in [-0.25, -0.2) is 4.79 Å². The molecule has 0 aliphatic carbocycles. The van der Waals surface area contributed by atoms with Gasteiger partial charge in [0.15, 0.2) is 0 Å². The molecule has 2 rings (SSSR count). The van der Waals surface area contributed by atoms with Crippen molar-refractivity contribution >= 4 is 22.8 Å². The zero-order valence-electron chi connectivity index (χ0n) is 13.1. The first kappa shape index (κ1) is 16.1. The highest BCUT2D eigenvalue weighted by Crippen LogP contribution is 2.22. The van der Waals surface area contributed by atoms with Crippen molar-refractivity contribution in [3.63, 3.8) is 0 Å². The molecule has 2 aromatic rings. The highest BCUT2D eigenvalue weighted by molar-refractivity contribution is 5.91. The lowest BCUT2D eigenvalue weighted by Gasteiger charge is -2.20. The Balaban J connectivity index is 2.17. The van der Waals surface area contributed by atoms with Crippen LogP contribution in [0.25, 0.3) is 10.9 Å². The number of benzene rings is 1. The van der Waals surface area contributed by atoms with E-state index in [2.05, 4.69) is 10.3 Å². The molecule has 3 N–H and O–H groups in total. The van der Waals surface area contributed by atoms with Crippen LogP contribution >= 0.6 is 0 Å². The SMILES string of the molecule is CC[C@H](C)[C@H](NC(=O)Cc1c(C)[nH]c2ccccc12)C(=O)O. The molecule has 118 valence electrons. The fourth-order valence-corrected chi connectivity index (χ4v) is 2.63. The van der Waals surface area contributed by atoms with Gasteiger partial charge in [-0.05, 0) is 24.5 Å². The van der Waals surface area contributed by atoms with Gasteiger partial charge in [-0.1, -0.05) is 38.5 Å². The summed E-state index contributed by atoms with van der Waals surface area (Å²) in [6.07, 6.45) is 0.874. The molecule has 0 radical (unpaired) electrons. The summed E-state index contributed by atoms with van der Waals surface area (Å²) in [5, 5.41) is 12.9. The molecule has 1 aromatic heterocycles. The maximum absolute atomic E-state index is 12.3. The molecule has 0 saturated carbocycles. The van der Waals surface area contributed by atoms with Gasteiger partial charge in [0.1, 0.15) is 6.04 Å². The van der Waals surface area contributed by atoms with Gasteiger partial charge in [0.05, 0.1) is 6.42 Å². The van der Waals surface area contributed by atoms with Crippen LogP contribution in [-0.4, -0.2) is 28.0 Å². The van der Waals surface area contributed by atoms with Gasteiger partial charge >= 0.3 is 5.97 Å². The Morgan fingerprint density at radius 1 is 1.32 bits per heavy atom. The van der Waals surface area contributed by atoms with Crippen LogP contribution in [0.5, 0.6) is 0 Å². The van der Waals surface area contributed by atoms with Crippen LogP contribution in [0, 0.1) is 12.8 Å². The van der Waals surface area contributed by atoms with E-state index in [4.69, 9.17) is 0 Å². The molecule has 0 bridgehead atoms. The average molecular weight is 302 g/mol. The largest absolute Gasteiger partial charge is 0.480 e. The number of aromatic amines is 1. The molecule has 0 aliphatic heterocycles. The van der Waals surface area contributed by atoms with E-state index in [-0.39, 0.29) is 18.2 Å². The number of carboxylic acids is 1. The molecule has 1 heterocycles. The predicted molar refractivity (Wildman–Crippen MR) is 85.8 cm³/mol. The van der Waals surface area contributed by atoms with Gasteiger partial charge in [0.2, 0.25) is 5.91 Å². The standard InChI is InChI=1S/C17H22N2O3/c1-4-10(2)16(17(21)22)19-15(20)9-13-11(3)18-14-8-6-5-7-12(13)14/h5-8,10,16,18H,4,9H2,1-3H3,(H,19,20)(H,21,22)/t10-,16-/m0/s1. The van der Waals surface area contributed by atoms with Gasteiger partial charge in [-0.2, -0.15) is 0 Å². The fraction of sp³-hybridized carbons (Fsp3) is 0.412. The van der Waals surface area contributed by atoms with Crippen LogP contribution in [0.15, 0.2) is 24.3 Å². The number of aromatic nitrogens is 1. The Hall–Kier alpha value is -2.30. The van der Waals surface area contributed by atoms with Crippen molar-refractivity contribution in [3.05, 3.63) is 35.5 Å². The second-order valence-electron chi connectivity index (χ2n) is 5.72. The third-order valence-corrected chi connectivity index (χ3v) is 4.16. The number of H-pyrrole nitrogens is 1. The highest BCUT2D eigenvalue weighted by Gasteiger charge is 2.25. The molecule has 5 heteroatoms. The monoisotopic (exact) mass is 302 g/mol. The number of nitrogens with one attached hydrogen (secondary N) is 2. The number of hydrogen-bond donors (Lipinski definition) is 3. The lowest BCUT2D eigenvalue weighted by Crippen LogP contribution is -2.45. The van der Waals surface area contributed by atoms with Crippen molar-refractivity contribution < 1.29 is 14.7 Å². The summed E-state index contributed by atoms with van der Waals surface area (Å²) in [4.78, 5) is 26.8. The summed E-state index contributed by atoms with van der Waals surface area (Å²) in [7, 11) is 0. The van der Waals surface area contributed by atoms with Crippen molar-refractivity contribution in [2.24, 2.45) is 5.92 Å². The minimum Gasteiger partial charge on any atom is -0.480 e. The number of aliphatic carboxylic acids is 1. The minimum atomic E-state index is -0.988. The predicted octanol–water partition coefficient (Wildman–Crippen LogP) is 2.63. The maximum Gasteiger partial charge on any atom is 0.326 e. The number of hydrogen-bond acceptors (Lipinski definition) is 2. The lowest BCUT2D eigenvalue weighted by atomic mass is 9.98. The Bertz CT molecular complexity index is 690. The van der Waals surface area contributed by atoms with E-state index in [9.17, 15) is 14.7 Å². The minimum absolute atomic E-state index is 0.106. The van der Waals surface area contributed by atoms with Crippen LogP contribution in [0.4, 0.5) is 0 Å². The number of para-hydroxylation sites is 1. The number of carboxylic acid groups (broad SMARTS) is 1. The van der Waals surface area contributed by atoms with E-state index in [0.717, 1.165) is 22.2 Å². The Morgan fingerprint density at radius 2 is 2.00 bits per heavy atom. The molecule has 0 saturated heterocycles. The summed E-state index contributed by atoms with van der Waals surface area (Å²) in [5.41, 5.74) is 2.84. The van der Waals surface area contributed by atoms with Gasteiger partial charge in [-0.3, -0.25) is 4.79 Å². The summed E-state index contributed by atoms with van der Waals surface area (Å²) >= 11 is 0. The molecule has 0 aliphatic rings. The van der Waals surface area contributed by atoms with E-state index in [1.165, 1.54) is 0 Å². The summed E-state index contributed by atoms with van der Waals surface area (Å²) in [5.74, 6) is -1.36. The average Bonchev–Trinajstić information content (AvgIpc) is 2.80. The van der Waals surface area contributed by atoms with Crippen LogP contribution < -0.4 is 5.32 Å². The zero-order chi connectivity index (χ0) is 16.3. The first-order valence-corrected chi connectivity index (χ1v) is 7.52. The number of amides is 1. The van der Waals surface area contributed by atoms with Crippen molar-refractivity contribution in [2.45, 2.75) is 39.7 Å². The van der Waals surface area contributed by atoms with Gasteiger partial charge in [0.25, 0.3) is 0 Å². The zero-order valence-corrected chi connectivity index (χ0v) is 13.1. The van der Waals surface area contributed by atoms with Gasteiger partial charge < -0.3 is 15.4 Å². The first-order valence-electron chi connectivity index (χ1n) is 7.52. The molecule has 22 heavy (non-hydrogen) atoms. The molecule has 2 atom stereocenters. The molecule has 0 unspecified atom stereocenters. The smallest absolute Gasteiger partial charge is 0.326 e. The van der Waals surface area contributed by atoms with E-state index >= 15 is 0 Å². The van der Waals surface area contributed by atoms with Crippen LogP contribution in [-0.2, 0) is 16.0 Å². The number of carbonyl (C=O) groups is 2. The third-order valence-electron chi connectivity index (χ3n) is 4.16. The Labute approximate surface area is 129 Å². The summed E-state index contributed by atoms with van der Waals surface area (Å²) in [6, 6.07) is 6.94. The molecule has 5 nitrogen and oxygen atoms in total. The normalized spacial score (nSPS) is 13.8. The molecule has 0 spiro atoms. The van der Waals surface area contributed by atoms with E-state index in [0.29, 0.717) is 6.42 Å². The van der Waals surface area contributed by atoms with Crippen molar-refractivity contribution in [2.75, 3.05) is 0 Å². The number of aryl methyl sites for hydroxylation is 1. The fourth-order valence-electron chi connectivity index (χ4n) is 2.63. The molecular weight excluding hydrogens is 280 g/mol. The van der Waals surface area contributed by atoms with E-state index in [1.54, 1.807) is 0 Å². The lowest BCUT2D eigenvalue weighted by molar-refractivity contribution is -0.143. The maximum atomic E-state index is 12.3. The summed E-state index contributed by atoms with van der Waals surface area (Å²) in [6.45, 7) is 5.67. The number of carbonyl (C=O) groups excluding carboxylic acids is 1. The number of rotatable bonds is 6. The Kier molecular flexibility index (Phi) is 4.85. The van der Waals surface area contributed by atoms with Gasteiger partial charge in [0, 0.05) is 16.6 Å². The van der Waals surface area contributed by atoms with Gasteiger partial charge in [-0.15, -0.1) is 0 Å².